The summed E-state index contributed by atoms with van der Waals surface area (Å²) >= 11 is 0. The van der Waals surface area contributed by atoms with Crippen LogP contribution in [0.25, 0.3) is 0 Å². The second-order valence-electron chi connectivity index (χ2n) is 4.08. The van der Waals surface area contributed by atoms with Gasteiger partial charge in [0.15, 0.2) is 0 Å². The lowest BCUT2D eigenvalue weighted by atomic mass is 9.98. The molecule has 1 saturated heterocycles. The molecule has 19 heavy (non-hydrogen) atoms. The van der Waals surface area contributed by atoms with Gasteiger partial charge in [0.25, 0.3) is 0 Å². The first kappa shape index (κ1) is 14.0. The first-order valence-corrected chi connectivity index (χ1v) is 7.11. The van der Waals surface area contributed by atoms with Crippen molar-refractivity contribution in [3.8, 4) is 5.75 Å². The van der Waals surface area contributed by atoms with Crippen molar-refractivity contribution in [1.82, 2.24) is 0 Å². The molecule has 0 bridgehead atoms. The smallest absolute Gasteiger partial charge is 0.472 e. The highest BCUT2D eigenvalue weighted by Gasteiger charge is 2.33. The SMILES string of the molecule is O=C(O)c1cccc(O)c1C1CCCOP(=O)(O)O1. The van der Waals surface area contributed by atoms with Gasteiger partial charge in [-0.05, 0) is 25.0 Å². The minimum atomic E-state index is -4.23. The molecule has 1 aliphatic rings. The zero-order valence-corrected chi connectivity index (χ0v) is 10.7. The van der Waals surface area contributed by atoms with Gasteiger partial charge in [0, 0.05) is 5.56 Å². The normalized spacial score (nSPS) is 27.7. The zero-order valence-electron chi connectivity index (χ0n) is 9.85. The number of carbonyl (C=O) groups is 1. The van der Waals surface area contributed by atoms with E-state index in [-0.39, 0.29) is 29.9 Å². The largest absolute Gasteiger partial charge is 0.508 e. The van der Waals surface area contributed by atoms with E-state index in [2.05, 4.69) is 4.52 Å². The van der Waals surface area contributed by atoms with E-state index in [1.807, 2.05) is 0 Å². The van der Waals surface area contributed by atoms with Crippen LogP contribution in [-0.2, 0) is 13.6 Å². The fraction of sp³-hybridized carbons (Fsp3) is 0.364. The maximum Gasteiger partial charge on any atom is 0.472 e. The average molecular weight is 288 g/mol. The molecule has 2 unspecified atom stereocenters. The summed E-state index contributed by atoms with van der Waals surface area (Å²) in [6.07, 6.45) is -0.295. The third-order valence-electron chi connectivity index (χ3n) is 2.76. The zero-order chi connectivity index (χ0) is 14.0. The summed E-state index contributed by atoms with van der Waals surface area (Å²) in [6.45, 7) is 0.0419. The molecule has 0 aliphatic carbocycles. The van der Waals surface area contributed by atoms with E-state index in [1.54, 1.807) is 0 Å². The van der Waals surface area contributed by atoms with Crippen LogP contribution in [0.3, 0.4) is 0 Å². The number of phosphoric ester groups is 1. The van der Waals surface area contributed by atoms with Crippen LogP contribution < -0.4 is 0 Å². The van der Waals surface area contributed by atoms with E-state index in [1.165, 1.54) is 18.2 Å². The van der Waals surface area contributed by atoms with Gasteiger partial charge in [0.1, 0.15) is 5.75 Å². The second-order valence-corrected chi connectivity index (χ2v) is 5.49. The first-order chi connectivity index (χ1) is 8.91. The summed E-state index contributed by atoms with van der Waals surface area (Å²) in [5.41, 5.74) is -0.165. The van der Waals surface area contributed by atoms with Crippen molar-refractivity contribution < 1.29 is 33.5 Å². The van der Waals surface area contributed by atoms with Gasteiger partial charge in [-0.25, -0.2) is 9.36 Å². The summed E-state index contributed by atoms with van der Waals surface area (Å²) in [5, 5.41) is 18.9. The molecule has 1 aromatic carbocycles. The van der Waals surface area contributed by atoms with Crippen LogP contribution in [0.5, 0.6) is 5.75 Å². The summed E-state index contributed by atoms with van der Waals surface area (Å²) in [4.78, 5) is 20.5. The fourth-order valence-corrected chi connectivity index (χ4v) is 2.92. The van der Waals surface area contributed by atoms with E-state index in [0.29, 0.717) is 6.42 Å². The van der Waals surface area contributed by atoms with E-state index >= 15 is 0 Å². The van der Waals surface area contributed by atoms with Gasteiger partial charge >= 0.3 is 13.8 Å². The molecule has 1 aromatic rings. The Morgan fingerprint density at radius 3 is 2.84 bits per heavy atom. The second kappa shape index (κ2) is 5.30. The highest BCUT2D eigenvalue weighted by atomic mass is 31.2. The number of carboxylic acid groups (broad SMARTS) is 1. The van der Waals surface area contributed by atoms with E-state index in [4.69, 9.17) is 9.63 Å². The maximum absolute atomic E-state index is 11.5. The third kappa shape index (κ3) is 3.13. The van der Waals surface area contributed by atoms with Gasteiger partial charge in [0.2, 0.25) is 0 Å². The van der Waals surface area contributed by atoms with Gasteiger partial charge in [-0.15, -0.1) is 0 Å². The Morgan fingerprint density at radius 1 is 1.42 bits per heavy atom. The highest BCUT2D eigenvalue weighted by molar-refractivity contribution is 7.47. The molecule has 1 fully saturated rings. The summed E-state index contributed by atoms with van der Waals surface area (Å²) in [6, 6.07) is 3.99. The Balaban J connectivity index is 2.45. The lowest BCUT2D eigenvalue weighted by Crippen LogP contribution is -2.09. The molecule has 0 radical (unpaired) electrons. The lowest BCUT2D eigenvalue weighted by molar-refractivity contribution is 0.0685. The molecule has 0 amide bonds. The molecule has 2 atom stereocenters. The average Bonchev–Trinajstić information content (AvgIpc) is 2.49. The number of hydrogen-bond donors (Lipinski definition) is 3. The van der Waals surface area contributed by atoms with Gasteiger partial charge in [0.05, 0.1) is 18.3 Å². The molecule has 1 aliphatic heterocycles. The van der Waals surface area contributed by atoms with Crippen molar-refractivity contribution in [1.29, 1.82) is 0 Å². The van der Waals surface area contributed by atoms with Crippen molar-refractivity contribution in [2.75, 3.05) is 6.61 Å². The van der Waals surface area contributed by atoms with Crippen LogP contribution in [0.1, 0.15) is 34.9 Å². The Bertz CT molecular complexity index is 542. The van der Waals surface area contributed by atoms with E-state index in [0.717, 1.165) is 0 Å². The Hall–Kier alpha value is -1.40. The van der Waals surface area contributed by atoms with Crippen molar-refractivity contribution >= 4 is 13.8 Å². The number of aromatic carboxylic acids is 1. The van der Waals surface area contributed by atoms with Gasteiger partial charge in [-0.2, -0.15) is 0 Å². The number of rotatable bonds is 2. The lowest BCUT2D eigenvalue weighted by Gasteiger charge is -2.19. The molecule has 8 heteroatoms. The Labute approximate surface area is 109 Å². The number of carboxylic acids is 1. The standard InChI is InChI=1S/C11H13O7P/c12-8-4-1-3-7(11(13)14)10(8)9-5-2-6-17-19(15,16)18-9/h1,3-4,9,12H,2,5-6H2,(H,13,14)(H,15,16). The van der Waals surface area contributed by atoms with Crippen LogP contribution >= 0.6 is 7.82 Å². The van der Waals surface area contributed by atoms with Crippen LogP contribution in [-0.4, -0.2) is 27.7 Å². The molecular weight excluding hydrogens is 275 g/mol. The molecular formula is C11H13O7P. The number of hydrogen-bond acceptors (Lipinski definition) is 5. The number of phenols is 1. The summed E-state index contributed by atoms with van der Waals surface area (Å²) in [7, 11) is -4.23. The van der Waals surface area contributed by atoms with Crippen molar-refractivity contribution in [3.05, 3.63) is 29.3 Å². The number of benzene rings is 1. The van der Waals surface area contributed by atoms with Crippen molar-refractivity contribution in [3.63, 3.8) is 0 Å². The molecule has 0 aromatic heterocycles. The molecule has 3 N–H and O–H groups in total. The molecule has 0 saturated carbocycles. The van der Waals surface area contributed by atoms with Crippen molar-refractivity contribution in [2.24, 2.45) is 0 Å². The first-order valence-electron chi connectivity index (χ1n) is 5.61. The van der Waals surface area contributed by atoms with E-state index < -0.39 is 19.9 Å². The maximum atomic E-state index is 11.5. The van der Waals surface area contributed by atoms with Crippen LogP contribution in [0.15, 0.2) is 18.2 Å². The number of aromatic hydroxyl groups is 1. The monoisotopic (exact) mass is 288 g/mol. The van der Waals surface area contributed by atoms with Crippen LogP contribution in [0.2, 0.25) is 0 Å². The predicted molar refractivity (Wildman–Crippen MR) is 63.9 cm³/mol. The molecule has 0 spiro atoms. The summed E-state index contributed by atoms with van der Waals surface area (Å²) < 4.78 is 21.1. The molecule has 104 valence electrons. The van der Waals surface area contributed by atoms with Gasteiger partial charge in [-0.1, -0.05) is 6.07 Å². The number of phenolic OH excluding ortho intramolecular Hbond substituents is 1. The quantitative estimate of drug-likeness (QED) is 0.714. The van der Waals surface area contributed by atoms with Crippen molar-refractivity contribution in [2.45, 2.75) is 18.9 Å². The molecule has 7 nitrogen and oxygen atoms in total. The van der Waals surface area contributed by atoms with Gasteiger partial charge in [-0.3, -0.25) is 9.05 Å². The minimum absolute atomic E-state index is 0.00484. The fourth-order valence-electron chi connectivity index (χ4n) is 1.97. The predicted octanol–water partition coefficient (Wildman–Crippen LogP) is 2.06. The Kier molecular flexibility index (Phi) is 3.91. The minimum Gasteiger partial charge on any atom is -0.508 e. The third-order valence-corrected chi connectivity index (χ3v) is 3.79. The van der Waals surface area contributed by atoms with Crippen LogP contribution in [0.4, 0.5) is 0 Å². The molecule has 1 heterocycles. The van der Waals surface area contributed by atoms with Gasteiger partial charge < -0.3 is 15.1 Å². The van der Waals surface area contributed by atoms with Crippen LogP contribution in [0, 0.1) is 0 Å². The Morgan fingerprint density at radius 2 is 2.16 bits per heavy atom. The summed E-state index contributed by atoms with van der Waals surface area (Å²) in [5.74, 6) is -1.53. The van der Waals surface area contributed by atoms with E-state index in [9.17, 15) is 19.4 Å². The molecule has 2 rings (SSSR count). The topological polar surface area (TPSA) is 113 Å². The highest BCUT2D eigenvalue weighted by Crippen LogP contribution is 2.52. The number of phosphoric acid groups is 1.